The maximum absolute atomic E-state index is 6.18. The van der Waals surface area contributed by atoms with E-state index in [1.54, 1.807) is 0 Å². The van der Waals surface area contributed by atoms with Crippen LogP contribution in [0.3, 0.4) is 0 Å². The van der Waals surface area contributed by atoms with E-state index < -0.39 is 0 Å². The van der Waals surface area contributed by atoms with Crippen molar-refractivity contribution in [2.75, 3.05) is 10.6 Å². The third-order valence-corrected chi connectivity index (χ3v) is 3.99. The van der Waals surface area contributed by atoms with Gasteiger partial charge in [-0.15, -0.1) is 0 Å². The Morgan fingerprint density at radius 2 is 1.71 bits per heavy atom. The summed E-state index contributed by atoms with van der Waals surface area (Å²) in [6.45, 7) is 2.52. The molecule has 0 amide bonds. The summed E-state index contributed by atoms with van der Waals surface area (Å²) in [6.07, 6.45) is 0. The molecule has 0 bridgehead atoms. The lowest BCUT2D eigenvalue weighted by atomic mass is 10.2. The van der Waals surface area contributed by atoms with Gasteiger partial charge in [-0.3, -0.25) is 0 Å². The van der Waals surface area contributed by atoms with Crippen LogP contribution in [0, 0.1) is 6.92 Å². The Morgan fingerprint density at radius 1 is 0.958 bits per heavy atom. The molecule has 6 heteroatoms. The molecule has 0 aliphatic rings. The highest BCUT2D eigenvalue weighted by atomic mass is 35.5. The molecule has 0 unspecified atom stereocenters. The molecule has 1 aromatic heterocycles. The largest absolute Gasteiger partial charge is 0.366 e. The molecule has 0 aliphatic heterocycles. The first-order valence-corrected chi connectivity index (χ1v) is 8.21. The van der Waals surface area contributed by atoms with Crippen LogP contribution in [0.25, 0.3) is 0 Å². The van der Waals surface area contributed by atoms with E-state index in [-0.39, 0.29) is 0 Å². The summed E-state index contributed by atoms with van der Waals surface area (Å²) in [5.41, 5.74) is 2.76. The van der Waals surface area contributed by atoms with Gasteiger partial charge in [-0.05, 0) is 42.8 Å². The molecule has 1 heterocycles. The van der Waals surface area contributed by atoms with Crippen molar-refractivity contribution in [1.82, 2.24) is 9.97 Å². The molecule has 0 atom stereocenters. The fraction of sp³-hybridized carbons (Fsp3) is 0.111. The first-order chi connectivity index (χ1) is 11.6. The van der Waals surface area contributed by atoms with E-state index in [1.807, 2.05) is 61.5 Å². The van der Waals surface area contributed by atoms with Crippen molar-refractivity contribution in [2.24, 2.45) is 0 Å². The average Bonchev–Trinajstić information content (AvgIpc) is 2.56. The number of rotatable bonds is 5. The third kappa shape index (κ3) is 4.37. The second-order valence-electron chi connectivity index (χ2n) is 5.30. The van der Waals surface area contributed by atoms with Crippen molar-refractivity contribution in [3.63, 3.8) is 0 Å². The lowest BCUT2D eigenvalue weighted by Crippen LogP contribution is -2.06. The topological polar surface area (TPSA) is 49.8 Å². The van der Waals surface area contributed by atoms with Gasteiger partial charge >= 0.3 is 0 Å². The Hall–Kier alpha value is -2.30. The zero-order valence-corrected chi connectivity index (χ0v) is 14.6. The summed E-state index contributed by atoms with van der Waals surface area (Å²) < 4.78 is 0. The molecule has 0 fully saturated rings. The van der Waals surface area contributed by atoms with Crippen molar-refractivity contribution in [1.29, 1.82) is 0 Å². The van der Waals surface area contributed by atoms with Gasteiger partial charge in [0.1, 0.15) is 5.82 Å². The molecule has 0 radical (unpaired) electrons. The van der Waals surface area contributed by atoms with Gasteiger partial charge in [0.05, 0.1) is 0 Å². The van der Waals surface area contributed by atoms with Crippen LogP contribution >= 0.6 is 23.2 Å². The molecular formula is C18H16Cl2N4. The Balaban J connectivity index is 1.74. The summed E-state index contributed by atoms with van der Waals surface area (Å²) in [4.78, 5) is 8.89. The molecule has 3 aromatic rings. The van der Waals surface area contributed by atoms with Crippen LogP contribution in [-0.4, -0.2) is 9.97 Å². The van der Waals surface area contributed by atoms with E-state index in [1.165, 1.54) is 0 Å². The molecule has 122 valence electrons. The average molecular weight is 359 g/mol. The van der Waals surface area contributed by atoms with Gasteiger partial charge in [0, 0.05) is 34.0 Å². The first-order valence-electron chi connectivity index (χ1n) is 7.46. The van der Waals surface area contributed by atoms with E-state index in [4.69, 9.17) is 23.2 Å². The van der Waals surface area contributed by atoms with Crippen LogP contribution in [0.2, 0.25) is 10.0 Å². The third-order valence-electron chi connectivity index (χ3n) is 3.37. The van der Waals surface area contributed by atoms with Crippen LogP contribution in [0.4, 0.5) is 17.5 Å². The van der Waals surface area contributed by atoms with Gasteiger partial charge in [0.25, 0.3) is 0 Å². The molecule has 4 nitrogen and oxygen atoms in total. The molecule has 24 heavy (non-hydrogen) atoms. The van der Waals surface area contributed by atoms with Gasteiger partial charge < -0.3 is 10.6 Å². The fourth-order valence-corrected chi connectivity index (χ4v) is 2.53. The quantitative estimate of drug-likeness (QED) is 0.636. The molecule has 0 aliphatic carbocycles. The van der Waals surface area contributed by atoms with Crippen molar-refractivity contribution >= 4 is 40.7 Å². The van der Waals surface area contributed by atoms with E-state index in [9.17, 15) is 0 Å². The predicted molar refractivity (Wildman–Crippen MR) is 100 cm³/mol. The first kappa shape index (κ1) is 16.6. The number of nitrogens with one attached hydrogen (secondary N) is 2. The van der Waals surface area contributed by atoms with E-state index >= 15 is 0 Å². The number of aromatic nitrogens is 2. The van der Waals surface area contributed by atoms with Gasteiger partial charge in [0.2, 0.25) is 5.95 Å². The molecule has 0 saturated heterocycles. The van der Waals surface area contributed by atoms with Crippen LogP contribution in [-0.2, 0) is 6.54 Å². The van der Waals surface area contributed by atoms with Crippen molar-refractivity contribution < 1.29 is 0 Å². The Kier molecular flexibility index (Phi) is 5.18. The minimum absolute atomic E-state index is 0.527. The Morgan fingerprint density at radius 3 is 2.46 bits per heavy atom. The van der Waals surface area contributed by atoms with E-state index in [0.717, 1.165) is 27.8 Å². The number of hydrogen-bond donors (Lipinski definition) is 2. The van der Waals surface area contributed by atoms with E-state index in [0.29, 0.717) is 17.5 Å². The molecule has 0 spiro atoms. The molecule has 2 N–H and O–H groups in total. The van der Waals surface area contributed by atoms with Crippen molar-refractivity contribution in [2.45, 2.75) is 13.5 Å². The highest BCUT2D eigenvalue weighted by Crippen LogP contribution is 2.20. The van der Waals surface area contributed by atoms with Crippen molar-refractivity contribution in [3.05, 3.63) is 75.9 Å². The normalized spacial score (nSPS) is 10.5. The molecule has 0 saturated carbocycles. The second kappa shape index (κ2) is 7.51. The highest BCUT2D eigenvalue weighted by molar-refractivity contribution is 6.31. The van der Waals surface area contributed by atoms with Gasteiger partial charge in [-0.1, -0.05) is 41.4 Å². The lowest BCUT2D eigenvalue weighted by Gasteiger charge is -2.11. The van der Waals surface area contributed by atoms with Crippen LogP contribution in [0.5, 0.6) is 0 Å². The van der Waals surface area contributed by atoms with Gasteiger partial charge in [0.15, 0.2) is 0 Å². The number of halogens is 2. The number of benzene rings is 2. The summed E-state index contributed by atoms with van der Waals surface area (Å²) in [6, 6.07) is 17.0. The van der Waals surface area contributed by atoms with Crippen molar-refractivity contribution in [3.8, 4) is 0 Å². The summed E-state index contributed by atoms with van der Waals surface area (Å²) >= 11 is 12.1. The summed E-state index contributed by atoms with van der Waals surface area (Å²) in [5.74, 6) is 1.26. The van der Waals surface area contributed by atoms with Crippen LogP contribution in [0.15, 0.2) is 54.6 Å². The SMILES string of the molecule is Cc1cc(NCc2ccccc2Cl)nc(Nc2ccc(Cl)cc2)n1. The number of nitrogens with zero attached hydrogens (tertiary/aromatic N) is 2. The zero-order chi connectivity index (χ0) is 16.9. The molecular weight excluding hydrogens is 343 g/mol. The fourth-order valence-electron chi connectivity index (χ4n) is 2.20. The minimum atomic E-state index is 0.527. The summed E-state index contributed by atoms with van der Waals surface area (Å²) in [5, 5.41) is 7.88. The summed E-state index contributed by atoms with van der Waals surface area (Å²) in [7, 11) is 0. The Bertz CT molecular complexity index is 835. The number of aryl methyl sites for hydroxylation is 1. The number of anilines is 3. The highest BCUT2D eigenvalue weighted by Gasteiger charge is 2.04. The monoisotopic (exact) mass is 358 g/mol. The smallest absolute Gasteiger partial charge is 0.229 e. The van der Waals surface area contributed by atoms with Crippen LogP contribution < -0.4 is 10.6 Å². The van der Waals surface area contributed by atoms with Gasteiger partial charge in [-0.25, -0.2) is 4.98 Å². The standard InChI is InChI=1S/C18H16Cl2N4/c1-12-10-17(21-11-13-4-2-3-5-16(13)20)24-18(22-12)23-15-8-6-14(19)7-9-15/h2-10H,11H2,1H3,(H2,21,22,23,24). The Labute approximate surface area is 150 Å². The van der Waals surface area contributed by atoms with Crippen LogP contribution in [0.1, 0.15) is 11.3 Å². The maximum atomic E-state index is 6.18. The zero-order valence-electron chi connectivity index (χ0n) is 13.1. The van der Waals surface area contributed by atoms with Gasteiger partial charge in [-0.2, -0.15) is 4.98 Å². The predicted octanol–water partition coefficient (Wildman–Crippen LogP) is 5.45. The number of hydrogen-bond acceptors (Lipinski definition) is 4. The lowest BCUT2D eigenvalue weighted by molar-refractivity contribution is 1.06. The molecule has 3 rings (SSSR count). The van der Waals surface area contributed by atoms with E-state index in [2.05, 4.69) is 20.6 Å². The minimum Gasteiger partial charge on any atom is -0.366 e. The second-order valence-corrected chi connectivity index (χ2v) is 6.14. The maximum Gasteiger partial charge on any atom is 0.229 e. The molecule has 2 aromatic carbocycles.